The first kappa shape index (κ1) is 24.4. The lowest BCUT2D eigenvalue weighted by Crippen LogP contribution is -2.51. The van der Waals surface area contributed by atoms with Gasteiger partial charge in [-0.2, -0.15) is 0 Å². The number of rotatable bonds is 10. The Morgan fingerprint density at radius 2 is 1.71 bits per heavy atom. The van der Waals surface area contributed by atoms with Crippen molar-refractivity contribution >= 4 is 11.8 Å². The molecule has 5 nitrogen and oxygen atoms in total. The third-order valence-corrected chi connectivity index (χ3v) is 5.52. The maximum Gasteiger partial charge on any atom is 0.261 e. The van der Waals surface area contributed by atoms with Gasteiger partial charge in [0.2, 0.25) is 5.91 Å². The maximum absolute atomic E-state index is 13.3. The molecule has 0 aliphatic rings. The molecule has 0 unspecified atom stereocenters. The number of ether oxygens (including phenoxy) is 1. The predicted octanol–water partition coefficient (Wildman–Crippen LogP) is 4.71. The Morgan fingerprint density at radius 1 is 1.00 bits per heavy atom. The molecule has 2 atom stereocenters. The highest BCUT2D eigenvalue weighted by molar-refractivity contribution is 5.88. The van der Waals surface area contributed by atoms with E-state index in [0.717, 1.165) is 28.7 Å². The lowest BCUT2D eigenvalue weighted by molar-refractivity contribution is -0.143. The average molecular weight is 425 g/mol. The molecular weight excluding hydrogens is 388 g/mol. The molecule has 2 amide bonds. The molecule has 2 aromatic rings. The van der Waals surface area contributed by atoms with Crippen molar-refractivity contribution < 1.29 is 14.3 Å². The summed E-state index contributed by atoms with van der Waals surface area (Å²) in [4.78, 5) is 27.9. The van der Waals surface area contributed by atoms with Crippen LogP contribution in [0.2, 0.25) is 0 Å². The summed E-state index contributed by atoms with van der Waals surface area (Å²) in [6, 6.07) is 13.5. The summed E-state index contributed by atoms with van der Waals surface area (Å²) in [5.41, 5.74) is 4.16. The van der Waals surface area contributed by atoms with E-state index in [2.05, 4.69) is 5.32 Å². The average Bonchev–Trinajstić information content (AvgIpc) is 2.73. The van der Waals surface area contributed by atoms with Crippen molar-refractivity contribution in [1.82, 2.24) is 10.2 Å². The number of nitrogens with zero attached hydrogens (tertiary/aromatic N) is 1. The molecule has 0 radical (unpaired) electrons. The van der Waals surface area contributed by atoms with Gasteiger partial charge >= 0.3 is 0 Å². The van der Waals surface area contributed by atoms with E-state index in [-0.39, 0.29) is 24.5 Å². The minimum absolute atomic E-state index is 0.0589. The van der Waals surface area contributed by atoms with Gasteiger partial charge in [0.05, 0.1) is 0 Å². The molecule has 168 valence electrons. The number of carbonyl (C=O) groups excluding carboxylic acids is 2. The first-order valence-corrected chi connectivity index (χ1v) is 11.1. The van der Waals surface area contributed by atoms with E-state index in [9.17, 15) is 9.59 Å². The highest BCUT2D eigenvalue weighted by Crippen LogP contribution is 2.20. The van der Waals surface area contributed by atoms with Crippen molar-refractivity contribution in [3.63, 3.8) is 0 Å². The summed E-state index contributed by atoms with van der Waals surface area (Å²) in [6.45, 7) is 12.2. The number of benzene rings is 2. The molecule has 0 spiro atoms. The van der Waals surface area contributed by atoms with Crippen LogP contribution in [-0.2, 0) is 16.1 Å². The molecule has 0 aliphatic carbocycles. The second kappa shape index (κ2) is 11.5. The Bertz CT molecular complexity index is 894. The molecule has 0 saturated carbocycles. The van der Waals surface area contributed by atoms with Gasteiger partial charge in [0, 0.05) is 12.6 Å². The van der Waals surface area contributed by atoms with E-state index < -0.39 is 6.04 Å². The minimum atomic E-state index is -0.552. The molecule has 1 N–H and O–H groups in total. The fourth-order valence-electron chi connectivity index (χ4n) is 3.45. The van der Waals surface area contributed by atoms with Crippen LogP contribution in [0.4, 0.5) is 0 Å². The Balaban J connectivity index is 2.25. The van der Waals surface area contributed by atoms with E-state index in [1.807, 2.05) is 84.0 Å². The monoisotopic (exact) mass is 424 g/mol. The van der Waals surface area contributed by atoms with Crippen molar-refractivity contribution in [2.75, 3.05) is 6.61 Å². The summed E-state index contributed by atoms with van der Waals surface area (Å²) < 4.78 is 5.88. The van der Waals surface area contributed by atoms with Gasteiger partial charge in [0.1, 0.15) is 11.8 Å². The number of nitrogens with one attached hydrogen (secondary N) is 1. The SMILES string of the molecule is CC[C@@H](C)NC(=O)[C@@H](CC)N(Cc1cccc(C)c1)C(=O)COc1cc(C)ccc1C. The number of hydrogen-bond donors (Lipinski definition) is 1. The van der Waals surface area contributed by atoms with Gasteiger partial charge in [-0.25, -0.2) is 0 Å². The van der Waals surface area contributed by atoms with Crippen LogP contribution in [0.1, 0.15) is 55.9 Å². The van der Waals surface area contributed by atoms with Crippen molar-refractivity contribution in [2.24, 2.45) is 0 Å². The second-order valence-corrected chi connectivity index (χ2v) is 8.31. The standard InChI is InChI=1S/C26H36N2O3/c1-7-21(6)27-26(30)23(8-2)28(16-22-11-9-10-18(3)14-22)25(29)17-31-24-15-19(4)12-13-20(24)5/h9-15,21,23H,7-8,16-17H2,1-6H3,(H,27,30)/t21-,23-/m1/s1. The number of carbonyl (C=O) groups is 2. The van der Waals surface area contributed by atoms with E-state index in [1.54, 1.807) is 4.90 Å². The lowest BCUT2D eigenvalue weighted by Gasteiger charge is -2.31. The van der Waals surface area contributed by atoms with E-state index in [1.165, 1.54) is 0 Å². The molecule has 0 aliphatic heterocycles. The van der Waals surface area contributed by atoms with Crippen LogP contribution in [0.5, 0.6) is 5.75 Å². The van der Waals surface area contributed by atoms with Crippen LogP contribution in [0.25, 0.3) is 0 Å². The largest absolute Gasteiger partial charge is 0.483 e. The Hall–Kier alpha value is -2.82. The molecule has 0 aromatic heterocycles. The lowest BCUT2D eigenvalue weighted by atomic mass is 10.1. The maximum atomic E-state index is 13.3. The van der Waals surface area contributed by atoms with E-state index in [4.69, 9.17) is 4.74 Å². The third-order valence-electron chi connectivity index (χ3n) is 5.52. The van der Waals surface area contributed by atoms with Gasteiger partial charge in [0.15, 0.2) is 6.61 Å². The fourth-order valence-corrected chi connectivity index (χ4v) is 3.45. The Kier molecular flexibility index (Phi) is 9.10. The highest BCUT2D eigenvalue weighted by Gasteiger charge is 2.29. The zero-order valence-corrected chi connectivity index (χ0v) is 19.7. The van der Waals surface area contributed by atoms with Gasteiger partial charge in [-0.3, -0.25) is 9.59 Å². The summed E-state index contributed by atoms with van der Waals surface area (Å²) >= 11 is 0. The quantitative estimate of drug-likeness (QED) is 0.601. The second-order valence-electron chi connectivity index (χ2n) is 8.31. The van der Waals surface area contributed by atoms with Crippen LogP contribution in [0.15, 0.2) is 42.5 Å². The summed E-state index contributed by atoms with van der Waals surface area (Å²) in [5, 5.41) is 3.03. The molecule has 5 heteroatoms. The molecule has 0 bridgehead atoms. The van der Waals surface area contributed by atoms with E-state index in [0.29, 0.717) is 18.7 Å². The van der Waals surface area contributed by atoms with Crippen LogP contribution in [-0.4, -0.2) is 35.4 Å². The summed E-state index contributed by atoms with van der Waals surface area (Å²) in [6.07, 6.45) is 1.37. The van der Waals surface area contributed by atoms with Gasteiger partial charge in [-0.1, -0.05) is 55.8 Å². The van der Waals surface area contributed by atoms with Crippen LogP contribution in [0, 0.1) is 20.8 Å². The molecule has 31 heavy (non-hydrogen) atoms. The smallest absolute Gasteiger partial charge is 0.261 e. The highest BCUT2D eigenvalue weighted by atomic mass is 16.5. The number of hydrogen-bond acceptors (Lipinski definition) is 3. The molecule has 2 rings (SSSR count). The van der Waals surface area contributed by atoms with Gasteiger partial charge in [-0.05, 0) is 63.3 Å². The Morgan fingerprint density at radius 3 is 2.35 bits per heavy atom. The normalized spacial score (nSPS) is 12.7. The zero-order valence-electron chi connectivity index (χ0n) is 19.7. The first-order valence-electron chi connectivity index (χ1n) is 11.1. The van der Waals surface area contributed by atoms with Crippen LogP contribution in [0.3, 0.4) is 0 Å². The van der Waals surface area contributed by atoms with Gasteiger partial charge in [0.25, 0.3) is 5.91 Å². The van der Waals surface area contributed by atoms with Gasteiger partial charge in [-0.15, -0.1) is 0 Å². The topological polar surface area (TPSA) is 58.6 Å². The number of aryl methyl sites for hydroxylation is 3. The van der Waals surface area contributed by atoms with Crippen molar-refractivity contribution in [2.45, 2.75) is 73.0 Å². The van der Waals surface area contributed by atoms with Crippen molar-refractivity contribution in [1.29, 1.82) is 0 Å². The summed E-state index contributed by atoms with van der Waals surface area (Å²) in [5.74, 6) is 0.374. The van der Waals surface area contributed by atoms with Crippen molar-refractivity contribution in [3.8, 4) is 5.75 Å². The van der Waals surface area contributed by atoms with Crippen molar-refractivity contribution in [3.05, 3.63) is 64.7 Å². The first-order chi connectivity index (χ1) is 14.7. The Labute approximate surface area is 186 Å². The zero-order chi connectivity index (χ0) is 23.0. The molecule has 0 fully saturated rings. The summed E-state index contributed by atoms with van der Waals surface area (Å²) in [7, 11) is 0. The van der Waals surface area contributed by atoms with E-state index >= 15 is 0 Å². The predicted molar refractivity (Wildman–Crippen MR) is 125 cm³/mol. The van der Waals surface area contributed by atoms with Gasteiger partial charge < -0.3 is 15.0 Å². The third kappa shape index (κ3) is 7.12. The molecule has 2 aromatic carbocycles. The van der Waals surface area contributed by atoms with Crippen LogP contribution < -0.4 is 10.1 Å². The molecule has 0 saturated heterocycles. The number of amides is 2. The fraction of sp³-hybridized carbons (Fsp3) is 0.462. The van der Waals surface area contributed by atoms with Crippen LogP contribution >= 0.6 is 0 Å². The molecular formula is C26H36N2O3. The molecule has 0 heterocycles. The minimum Gasteiger partial charge on any atom is -0.483 e.